The first-order valence-electron chi connectivity index (χ1n) is 10.1. The molecule has 2 bridgehead atoms. The first-order chi connectivity index (χ1) is 14.3. The Labute approximate surface area is 169 Å². The van der Waals surface area contributed by atoms with Crippen LogP contribution < -0.4 is 5.32 Å². The predicted octanol–water partition coefficient (Wildman–Crippen LogP) is 3.75. The highest BCUT2D eigenvalue weighted by molar-refractivity contribution is 5.75. The van der Waals surface area contributed by atoms with E-state index in [4.69, 9.17) is 4.52 Å². The smallest absolute Gasteiger partial charge is 0.318 e. The second kappa shape index (κ2) is 7.66. The van der Waals surface area contributed by atoms with Gasteiger partial charge in [0.2, 0.25) is 11.7 Å². The van der Waals surface area contributed by atoms with Gasteiger partial charge in [0.15, 0.2) is 0 Å². The van der Waals surface area contributed by atoms with Crippen LogP contribution in [0.3, 0.4) is 0 Å². The van der Waals surface area contributed by atoms with E-state index in [1.165, 1.54) is 0 Å². The molecule has 0 spiro atoms. The maximum absolute atomic E-state index is 12.8. The Bertz CT molecular complexity index is 961. The van der Waals surface area contributed by atoms with Crippen LogP contribution in [0.1, 0.15) is 43.1 Å². The van der Waals surface area contributed by atoms with Gasteiger partial charge in [0, 0.05) is 42.5 Å². The minimum atomic E-state index is 0.0291. The first-order valence-corrected chi connectivity index (χ1v) is 10.1. The van der Waals surface area contributed by atoms with Gasteiger partial charge in [0.05, 0.1) is 0 Å². The van der Waals surface area contributed by atoms with E-state index in [-0.39, 0.29) is 24.0 Å². The number of hydrogen-bond donors (Lipinski definition) is 1. The van der Waals surface area contributed by atoms with Crippen LogP contribution in [-0.4, -0.2) is 38.1 Å². The van der Waals surface area contributed by atoms with Crippen molar-refractivity contribution in [1.29, 1.82) is 0 Å². The van der Waals surface area contributed by atoms with E-state index in [9.17, 15) is 4.79 Å². The molecule has 1 aromatic carbocycles. The number of fused-ring (bicyclic) bond motifs is 2. The summed E-state index contributed by atoms with van der Waals surface area (Å²) in [4.78, 5) is 23.6. The van der Waals surface area contributed by atoms with Crippen molar-refractivity contribution in [2.24, 2.45) is 0 Å². The van der Waals surface area contributed by atoms with Crippen LogP contribution in [0.2, 0.25) is 0 Å². The quantitative estimate of drug-likeness (QED) is 0.735. The second-order valence-electron chi connectivity index (χ2n) is 7.80. The van der Waals surface area contributed by atoms with Crippen molar-refractivity contribution in [3.05, 3.63) is 66.3 Å². The number of aromatic nitrogens is 3. The second-order valence-corrected chi connectivity index (χ2v) is 7.80. The molecule has 2 aliphatic rings. The van der Waals surface area contributed by atoms with Crippen molar-refractivity contribution >= 4 is 6.03 Å². The van der Waals surface area contributed by atoms with E-state index in [0.717, 1.165) is 36.8 Å². The van der Waals surface area contributed by atoms with Gasteiger partial charge in [0.25, 0.3) is 0 Å². The molecular formula is C22H23N5O2. The lowest BCUT2D eigenvalue weighted by atomic mass is 9.91. The number of pyridine rings is 1. The van der Waals surface area contributed by atoms with Crippen molar-refractivity contribution in [2.45, 2.75) is 50.2 Å². The summed E-state index contributed by atoms with van der Waals surface area (Å²) >= 11 is 0. The molecule has 148 valence electrons. The Morgan fingerprint density at radius 3 is 2.62 bits per heavy atom. The largest absolute Gasteiger partial charge is 0.339 e. The van der Waals surface area contributed by atoms with Gasteiger partial charge in [0.1, 0.15) is 0 Å². The van der Waals surface area contributed by atoms with E-state index >= 15 is 0 Å². The molecule has 2 atom stereocenters. The van der Waals surface area contributed by atoms with Gasteiger partial charge in [-0.1, -0.05) is 35.5 Å². The number of carbonyl (C=O) groups is 1. The number of hydrogen-bond acceptors (Lipinski definition) is 5. The maximum Gasteiger partial charge on any atom is 0.318 e. The SMILES string of the molecule is O=C(NCc1ccccc1)N1C2CCC1CC(c1nc(-c3cccnc3)no1)C2. The third kappa shape index (κ3) is 3.60. The van der Waals surface area contributed by atoms with Crippen molar-refractivity contribution in [1.82, 2.24) is 25.3 Å². The number of nitrogens with one attached hydrogen (secondary N) is 1. The van der Waals surface area contributed by atoms with Crippen LogP contribution in [0.4, 0.5) is 4.79 Å². The van der Waals surface area contributed by atoms with E-state index < -0.39 is 0 Å². The van der Waals surface area contributed by atoms with Crippen LogP contribution in [0.25, 0.3) is 11.4 Å². The Hall–Kier alpha value is -3.22. The van der Waals surface area contributed by atoms with Gasteiger partial charge in [-0.05, 0) is 43.4 Å². The van der Waals surface area contributed by atoms with Gasteiger partial charge in [-0.15, -0.1) is 0 Å². The minimum absolute atomic E-state index is 0.0291. The number of nitrogens with zero attached hydrogens (tertiary/aromatic N) is 4. The number of benzene rings is 1. The minimum Gasteiger partial charge on any atom is -0.339 e. The molecule has 0 saturated carbocycles. The van der Waals surface area contributed by atoms with Crippen LogP contribution >= 0.6 is 0 Å². The third-order valence-electron chi connectivity index (χ3n) is 5.96. The van der Waals surface area contributed by atoms with Crippen LogP contribution in [0.15, 0.2) is 59.4 Å². The molecule has 1 N–H and O–H groups in total. The molecule has 0 aliphatic carbocycles. The fourth-order valence-electron chi connectivity index (χ4n) is 4.59. The molecular weight excluding hydrogens is 366 g/mol. The zero-order valence-electron chi connectivity index (χ0n) is 16.1. The molecule has 29 heavy (non-hydrogen) atoms. The Morgan fingerprint density at radius 2 is 1.90 bits per heavy atom. The number of piperidine rings is 1. The van der Waals surface area contributed by atoms with Crippen molar-refractivity contribution in [2.75, 3.05) is 0 Å². The summed E-state index contributed by atoms with van der Waals surface area (Å²) in [6.07, 6.45) is 7.25. The topological polar surface area (TPSA) is 84.2 Å². The van der Waals surface area contributed by atoms with Gasteiger partial charge in [-0.2, -0.15) is 4.98 Å². The predicted molar refractivity (Wildman–Crippen MR) is 107 cm³/mol. The lowest BCUT2D eigenvalue weighted by Crippen LogP contribution is -2.50. The normalized spacial score (nSPS) is 23.2. The van der Waals surface area contributed by atoms with Crippen LogP contribution in [0.5, 0.6) is 0 Å². The zero-order valence-corrected chi connectivity index (χ0v) is 16.1. The molecule has 4 heterocycles. The van der Waals surface area contributed by atoms with Crippen LogP contribution in [0, 0.1) is 0 Å². The summed E-state index contributed by atoms with van der Waals surface area (Å²) in [5.74, 6) is 1.44. The average Bonchev–Trinajstić information content (AvgIpc) is 3.36. The molecule has 7 heteroatoms. The zero-order chi connectivity index (χ0) is 19.6. The van der Waals surface area contributed by atoms with Crippen molar-refractivity contribution in [3.63, 3.8) is 0 Å². The van der Waals surface area contributed by atoms with E-state index in [1.54, 1.807) is 12.4 Å². The average molecular weight is 389 g/mol. The molecule has 2 fully saturated rings. The summed E-state index contributed by atoms with van der Waals surface area (Å²) < 4.78 is 5.58. The Balaban J connectivity index is 1.24. The van der Waals surface area contributed by atoms with Gasteiger partial charge in [-0.3, -0.25) is 4.98 Å². The molecule has 2 aromatic heterocycles. The summed E-state index contributed by atoms with van der Waals surface area (Å²) in [7, 11) is 0. The molecule has 2 amide bonds. The van der Waals surface area contributed by atoms with Crippen molar-refractivity contribution < 1.29 is 9.32 Å². The van der Waals surface area contributed by atoms with E-state index in [1.807, 2.05) is 47.4 Å². The Kier molecular flexibility index (Phi) is 4.71. The molecule has 2 unspecified atom stereocenters. The summed E-state index contributed by atoms with van der Waals surface area (Å²) in [6, 6.07) is 14.3. The highest BCUT2D eigenvalue weighted by Gasteiger charge is 2.45. The van der Waals surface area contributed by atoms with Crippen molar-refractivity contribution in [3.8, 4) is 11.4 Å². The lowest BCUT2D eigenvalue weighted by molar-refractivity contribution is 0.130. The van der Waals surface area contributed by atoms with Crippen LogP contribution in [-0.2, 0) is 6.54 Å². The number of urea groups is 1. The molecule has 0 radical (unpaired) electrons. The fraction of sp³-hybridized carbons (Fsp3) is 0.364. The summed E-state index contributed by atoms with van der Waals surface area (Å²) in [5, 5.41) is 7.21. The van der Waals surface area contributed by atoms with E-state index in [0.29, 0.717) is 18.3 Å². The van der Waals surface area contributed by atoms with Gasteiger partial charge in [-0.25, -0.2) is 4.79 Å². The third-order valence-corrected chi connectivity index (χ3v) is 5.96. The highest BCUT2D eigenvalue weighted by atomic mass is 16.5. The number of carbonyl (C=O) groups excluding carboxylic acids is 1. The van der Waals surface area contributed by atoms with Gasteiger partial charge >= 0.3 is 6.03 Å². The summed E-state index contributed by atoms with van der Waals surface area (Å²) in [5.41, 5.74) is 1.96. The summed E-state index contributed by atoms with van der Waals surface area (Å²) in [6.45, 7) is 0.553. The number of rotatable bonds is 4. The highest BCUT2D eigenvalue weighted by Crippen LogP contribution is 2.42. The molecule has 7 nitrogen and oxygen atoms in total. The maximum atomic E-state index is 12.8. The molecule has 2 aliphatic heterocycles. The van der Waals surface area contributed by atoms with Gasteiger partial charge < -0.3 is 14.7 Å². The van der Waals surface area contributed by atoms with E-state index in [2.05, 4.69) is 20.4 Å². The lowest BCUT2D eigenvalue weighted by Gasteiger charge is -2.37. The molecule has 3 aromatic rings. The fourth-order valence-corrected chi connectivity index (χ4v) is 4.59. The first kappa shape index (κ1) is 17.8. The monoisotopic (exact) mass is 389 g/mol. The molecule has 5 rings (SSSR count). The standard InChI is InChI=1S/C22H23N5O2/c28-22(24-13-15-5-2-1-3-6-15)27-18-8-9-19(27)12-17(11-18)21-25-20(26-29-21)16-7-4-10-23-14-16/h1-7,10,14,17-19H,8-9,11-13H2,(H,24,28). The Morgan fingerprint density at radius 1 is 1.10 bits per heavy atom. The number of amides is 2. The molecule has 2 saturated heterocycles.